The van der Waals surface area contributed by atoms with Crippen LogP contribution in [0.5, 0.6) is 0 Å². The summed E-state index contributed by atoms with van der Waals surface area (Å²) in [6.07, 6.45) is 2.20. The molecule has 1 aliphatic heterocycles. The lowest BCUT2D eigenvalue weighted by Gasteiger charge is -2.31. The first-order chi connectivity index (χ1) is 7.69. The summed E-state index contributed by atoms with van der Waals surface area (Å²) in [4.78, 5) is 13.5. The molecule has 2 atom stereocenters. The third kappa shape index (κ3) is 3.47. The number of nitrogens with zero attached hydrogens (tertiary/aromatic N) is 2. The van der Waals surface area contributed by atoms with E-state index in [4.69, 9.17) is 15.7 Å². The summed E-state index contributed by atoms with van der Waals surface area (Å²) < 4.78 is 5.17. The summed E-state index contributed by atoms with van der Waals surface area (Å²) in [6, 6.07) is 1.58. The molecule has 0 saturated carbocycles. The number of amides is 1. The van der Waals surface area contributed by atoms with E-state index in [1.807, 2.05) is 6.07 Å². The highest BCUT2D eigenvalue weighted by atomic mass is 16.5. The Morgan fingerprint density at radius 3 is 3.12 bits per heavy atom. The highest BCUT2D eigenvalue weighted by Crippen LogP contribution is 2.08. The van der Waals surface area contributed by atoms with Crippen molar-refractivity contribution in [2.24, 2.45) is 5.73 Å². The van der Waals surface area contributed by atoms with Crippen LogP contribution in [0.15, 0.2) is 0 Å². The Morgan fingerprint density at radius 2 is 2.50 bits per heavy atom. The second-order valence-electron chi connectivity index (χ2n) is 4.02. The average molecular weight is 225 g/mol. The zero-order valence-electron chi connectivity index (χ0n) is 9.69. The fourth-order valence-corrected chi connectivity index (χ4v) is 1.71. The van der Waals surface area contributed by atoms with Crippen molar-refractivity contribution in [2.45, 2.75) is 38.3 Å². The Hall–Kier alpha value is -1.12. The van der Waals surface area contributed by atoms with Gasteiger partial charge in [-0.15, -0.1) is 0 Å². The lowest BCUT2D eigenvalue weighted by molar-refractivity contribution is -0.138. The molecule has 90 valence electrons. The van der Waals surface area contributed by atoms with Crippen molar-refractivity contribution < 1.29 is 9.53 Å². The number of hydrogen-bond acceptors (Lipinski definition) is 4. The van der Waals surface area contributed by atoms with E-state index in [-0.39, 0.29) is 5.91 Å². The van der Waals surface area contributed by atoms with Crippen LogP contribution < -0.4 is 5.73 Å². The van der Waals surface area contributed by atoms with Gasteiger partial charge >= 0.3 is 0 Å². The van der Waals surface area contributed by atoms with E-state index in [1.54, 1.807) is 4.90 Å². The Balaban J connectivity index is 2.43. The van der Waals surface area contributed by atoms with Gasteiger partial charge in [0.05, 0.1) is 25.3 Å². The molecule has 1 heterocycles. The second-order valence-corrected chi connectivity index (χ2v) is 4.02. The number of hydrogen-bond donors (Lipinski definition) is 1. The number of morpholine rings is 1. The molecule has 0 aliphatic carbocycles. The molecule has 1 unspecified atom stereocenters. The zero-order valence-corrected chi connectivity index (χ0v) is 9.69. The van der Waals surface area contributed by atoms with E-state index < -0.39 is 12.1 Å². The molecule has 0 aromatic heterocycles. The number of nitriles is 1. The molecule has 1 aliphatic rings. The number of unbranched alkanes of at least 4 members (excludes halogenated alkanes) is 1. The van der Waals surface area contributed by atoms with Crippen molar-refractivity contribution in [3.05, 3.63) is 0 Å². The van der Waals surface area contributed by atoms with Gasteiger partial charge in [-0.25, -0.2) is 0 Å². The Morgan fingerprint density at radius 1 is 1.75 bits per heavy atom. The van der Waals surface area contributed by atoms with E-state index in [9.17, 15) is 4.79 Å². The first-order valence-electron chi connectivity index (χ1n) is 5.74. The highest BCUT2D eigenvalue weighted by Gasteiger charge is 2.26. The molecule has 1 rings (SSSR count). The van der Waals surface area contributed by atoms with E-state index in [0.717, 1.165) is 12.8 Å². The largest absolute Gasteiger partial charge is 0.360 e. The van der Waals surface area contributed by atoms with Crippen LogP contribution in [-0.2, 0) is 9.53 Å². The van der Waals surface area contributed by atoms with Gasteiger partial charge in [0, 0.05) is 6.54 Å². The van der Waals surface area contributed by atoms with Crippen LogP contribution in [0.1, 0.15) is 26.2 Å². The van der Waals surface area contributed by atoms with E-state index in [2.05, 4.69) is 6.92 Å². The molecule has 16 heavy (non-hydrogen) atoms. The molecular formula is C11H19N3O2. The Bertz CT molecular complexity index is 275. The van der Waals surface area contributed by atoms with Crippen molar-refractivity contribution in [2.75, 3.05) is 19.7 Å². The smallest absolute Gasteiger partial charge is 0.239 e. The molecule has 2 N–H and O–H groups in total. The van der Waals surface area contributed by atoms with Crippen LogP contribution in [-0.4, -0.2) is 42.6 Å². The van der Waals surface area contributed by atoms with Crippen LogP contribution in [0.4, 0.5) is 0 Å². The van der Waals surface area contributed by atoms with Gasteiger partial charge in [0.15, 0.2) is 6.10 Å². The maximum Gasteiger partial charge on any atom is 0.239 e. The van der Waals surface area contributed by atoms with Gasteiger partial charge in [0.1, 0.15) is 0 Å². The lowest BCUT2D eigenvalue weighted by atomic mass is 10.1. The minimum atomic E-state index is -0.504. The van der Waals surface area contributed by atoms with Gasteiger partial charge in [-0.2, -0.15) is 5.26 Å². The van der Waals surface area contributed by atoms with Crippen molar-refractivity contribution >= 4 is 5.91 Å². The van der Waals surface area contributed by atoms with E-state index in [0.29, 0.717) is 26.1 Å². The maximum absolute atomic E-state index is 11.9. The molecule has 0 aromatic rings. The summed E-state index contributed by atoms with van der Waals surface area (Å²) >= 11 is 0. The molecule has 0 bridgehead atoms. The van der Waals surface area contributed by atoms with Gasteiger partial charge in [-0.3, -0.25) is 4.79 Å². The fraction of sp³-hybridized carbons (Fsp3) is 0.818. The SMILES string of the molecule is CCCC[C@H](N)C(=O)N1CCOC(C#N)C1. The van der Waals surface area contributed by atoms with Gasteiger partial charge in [0.25, 0.3) is 0 Å². The predicted molar refractivity (Wildman–Crippen MR) is 59.4 cm³/mol. The highest BCUT2D eigenvalue weighted by molar-refractivity contribution is 5.81. The van der Waals surface area contributed by atoms with Gasteiger partial charge in [-0.1, -0.05) is 19.8 Å². The third-order valence-corrected chi connectivity index (χ3v) is 2.71. The topological polar surface area (TPSA) is 79.3 Å². The second kappa shape index (κ2) is 6.46. The van der Waals surface area contributed by atoms with E-state index in [1.165, 1.54) is 0 Å². The quantitative estimate of drug-likeness (QED) is 0.744. The molecule has 0 aromatic carbocycles. The van der Waals surface area contributed by atoms with Gasteiger partial charge < -0.3 is 15.4 Å². The Labute approximate surface area is 96.2 Å². The standard InChI is InChI=1S/C11H19N3O2/c1-2-3-4-10(13)11(15)14-5-6-16-9(7-12)8-14/h9-10H,2-6,8,13H2,1H3/t9?,10-/m0/s1. The molecule has 1 saturated heterocycles. The molecule has 5 nitrogen and oxygen atoms in total. The minimum absolute atomic E-state index is 0.0583. The molecular weight excluding hydrogens is 206 g/mol. The van der Waals surface area contributed by atoms with Crippen LogP contribution >= 0.6 is 0 Å². The van der Waals surface area contributed by atoms with Gasteiger partial charge in [0.2, 0.25) is 5.91 Å². The van der Waals surface area contributed by atoms with Crippen molar-refractivity contribution in [1.82, 2.24) is 4.90 Å². The minimum Gasteiger partial charge on any atom is -0.360 e. The monoisotopic (exact) mass is 225 g/mol. The molecule has 0 spiro atoms. The van der Waals surface area contributed by atoms with Crippen LogP contribution in [0.2, 0.25) is 0 Å². The number of carbonyl (C=O) groups excluding carboxylic acids is 1. The normalized spacial score (nSPS) is 22.6. The molecule has 0 radical (unpaired) electrons. The van der Waals surface area contributed by atoms with Crippen molar-refractivity contribution in [3.8, 4) is 6.07 Å². The Kier molecular flexibility index (Phi) is 5.23. The van der Waals surface area contributed by atoms with Crippen LogP contribution in [0.25, 0.3) is 0 Å². The number of rotatable bonds is 4. The predicted octanol–water partition coefficient (Wildman–Crippen LogP) is 0.255. The van der Waals surface area contributed by atoms with Crippen LogP contribution in [0, 0.1) is 11.3 Å². The summed E-state index contributed by atoms with van der Waals surface area (Å²) in [5.41, 5.74) is 5.81. The first kappa shape index (κ1) is 12.9. The van der Waals surface area contributed by atoms with Gasteiger partial charge in [-0.05, 0) is 6.42 Å². The maximum atomic E-state index is 11.9. The summed E-state index contributed by atoms with van der Waals surface area (Å²) in [6.45, 7) is 3.37. The summed E-state index contributed by atoms with van der Waals surface area (Å²) in [5.74, 6) is -0.0583. The average Bonchev–Trinajstić information content (AvgIpc) is 2.35. The van der Waals surface area contributed by atoms with E-state index >= 15 is 0 Å². The summed E-state index contributed by atoms with van der Waals surface area (Å²) in [5, 5.41) is 8.73. The molecule has 5 heteroatoms. The van der Waals surface area contributed by atoms with Crippen LogP contribution in [0.3, 0.4) is 0 Å². The molecule has 1 amide bonds. The summed E-state index contributed by atoms with van der Waals surface area (Å²) in [7, 11) is 0. The molecule has 1 fully saturated rings. The number of nitrogens with two attached hydrogens (primary N) is 1. The first-order valence-corrected chi connectivity index (χ1v) is 5.74. The fourth-order valence-electron chi connectivity index (χ4n) is 1.71. The van der Waals surface area contributed by atoms with Crippen molar-refractivity contribution in [3.63, 3.8) is 0 Å². The zero-order chi connectivity index (χ0) is 12.0. The third-order valence-electron chi connectivity index (χ3n) is 2.71. The van der Waals surface area contributed by atoms with Crippen molar-refractivity contribution in [1.29, 1.82) is 5.26 Å². The number of ether oxygens (including phenoxy) is 1. The lowest BCUT2D eigenvalue weighted by Crippen LogP contribution is -2.51. The number of carbonyl (C=O) groups is 1.